The standard InChI is InChI=1S/C19H21F2IN4O2/c1-11-24-14(9-15(27)26(11)13-4-2-3-12(20)16(13)21)25-7-5-19(6-8-25)10-28-18(22)17(19)23/h2-4,9,17-18H,5-8,10,23H2,1H3/t17-,18-/m1/s1. The largest absolute Gasteiger partial charge is 0.366 e. The van der Waals surface area contributed by atoms with Crippen LogP contribution in [0.2, 0.25) is 0 Å². The van der Waals surface area contributed by atoms with Gasteiger partial charge >= 0.3 is 0 Å². The molecule has 28 heavy (non-hydrogen) atoms. The van der Waals surface area contributed by atoms with Gasteiger partial charge in [0, 0.05) is 30.6 Å². The number of anilines is 1. The molecule has 9 heteroatoms. The van der Waals surface area contributed by atoms with E-state index in [0.717, 1.165) is 23.5 Å². The Bertz CT molecular complexity index is 959. The van der Waals surface area contributed by atoms with Crippen molar-refractivity contribution in [2.75, 3.05) is 24.6 Å². The molecule has 1 aromatic heterocycles. The molecule has 0 aliphatic carbocycles. The molecule has 2 atom stereocenters. The maximum Gasteiger partial charge on any atom is 0.260 e. The van der Waals surface area contributed by atoms with Gasteiger partial charge in [-0.3, -0.25) is 9.36 Å². The third-order valence-electron chi connectivity index (χ3n) is 5.85. The number of aryl methyl sites for hydroxylation is 1. The van der Waals surface area contributed by atoms with Crippen LogP contribution in [0.1, 0.15) is 18.7 Å². The second-order valence-corrected chi connectivity index (χ2v) is 8.67. The minimum absolute atomic E-state index is 0.00565. The van der Waals surface area contributed by atoms with E-state index in [2.05, 4.69) is 27.6 Å². The molecule has 4 rings (SSSR count). The quantitative estimate of drug-likeness (QED) is 0.505. The van der Waals surface area contributed by atoms with Crippen molar-refractivity contribution < 1.29 is 13.5 Å². The van der Waals surface area contributed by atoms with Gasteiger partial charge in [-0.2, -0.15) is 0 Å². The number of hydrogen-bond donors (Lipinski definition) is 1. The maximum absolute atomic E-state index is 14.1. The van der Waals surface area contributed by atoms with Crippen LogP contribution < -0.4 is 16.2 Å². The summed E-state index contributed by atoms with van der Waals surface area (Å²) in [5.41, 5.74) is 5.73. The summed E-state index contributed by atoms with van der Waals surface area (Å²) in [6.07, 6.45) is 1.71. The number of halogens is 3. The zero-order chi connectivity index (χ0) is 20.1. The summed E-state index contributed by atoms with van der Waals surface area (Å²) in [4.78, 5) is 19.2. The first kappa shape index (κ1) is 19.7. The fraction of sp³-hybridized carbons (Fsp3) is 0.474. The predicted octanol–water partition coefficient (Wildman–Crippen LogP) is 2.52. The molecule has 2 aromatic rings. The van der Waals surface area contributed by atoms with Crippen molar-refractivity contribution in [2.45, 2.75) is 29.9 Å². The molecule has 0 radical (unpaired) electrons. The molecule has 0 amide bonds. The summed E-state index contributed by atoms with van der Waals surface area (Å²) in [5, 5.41) is 0. The number of benzene rings is 1. The molecule has 1 aromatic carbocycles. The Labute approximate surface area is 174 Å². The molecular formula is C19H21F2IN4O2. The Balaban J connectivity index is 1.60. The van der Waals surface area contributed by atoms with Gasteiger partial charge in [0.1, 0.15) is 15.8 Å². The molecule has 0 unspecified atom stereocenters. The zero-order valence-corrected chi connectivity index (χ0v) is 17.5. The first-order valence-electron chi connectivity index (χ1n) is 9.14. The maximum atomic E-state index is 14.1. The number of piperidine rings is 1. The molecule has 2 saturated heterocycles. The van der Waals surface area contributed by atoms with Gasteiger partial charge in [0.2, 0.25) is 0 Å². The van der Waals surface area contributed by atoms with Crippen LogP contribution in [-0.2, 0) is 4.74 Å². The van der Waals surface area contributed by atoms with Crippen molar-refractivity contribution in [3.05, 3.63) is 52.1 Å². The van der Waals surface area contributed by atoms with E-state index in [1.807, 2.05) is 4.90 Å². The lowest BCUT2D eigenvalue weighted by Gasteiger charge is -2.41. The lowest BCUT2D eigenvalue weighted by molar-refractivity contribution is 0.127. The fourth-order valence-corrected chi connectivity index (χ4v) is 5.03. The Hall–Kier alpha value is -1.59. The smallest absolute Gasteiger partial charge is 0.260 e. The van der Waals surface area contributed by atoms with Crippen LogP contribution in [0.4, 0.5) is 14.6 Å². The molecular weight excluding hydrogens is 481 g/mol. The second-order valence-electron chi connectivity index (χ2n) is 7.45. The lowest BCUT2D eigenvalue weighted by atomic mass is 9.75. The van der Waals surface area contributed by atoms with Crippen LogP contribution in [0.3, 0.4) is 0 Å². The van der Waals surface area contributed by atoms with E-state index in [1.54, 1.807) is 6.92 Å². The fourth-order valence-electron chi connectivity index (χ4n) is 4.08. The van der Waals surface area contributed by atoms with Crippen molar-refractivity contribution in [3.8, 4) is 5.69 Å². The molecule has 3 heterocycles. The van der Waals surface area contributed by atoms with E-state index >= 15 is 0 Å². The summed E-state index contributed by atoms with van der Waals surface area (Å²) in [5.74, 6) is -1.21. The van der Waals surface area contributed by atoms with E-state index in [-0.39, 0.29) is 21.3 Å². The minimum atomic E-state index is -1.06. The summed E-state index contributed by atoms with van der Waals surface area (Å²) in [7, 11) is 0. The van der Waals surface area contributed by atoms with Crippen LogP contribution >= 0.6 is 22.6 Å². The number of rotatable bonds is 2. The Morgan fingerprint density at radius 1 is 1.32 bits per heavy atom. The van der Waals surface area contributed by atoms with E-state index < -0.39 is 17.2 Å². The lowest BCUT2D eigenvalue weighted by Crippen LogP contribution is -2.50. The molecule has 2 aliphatic heterocycles. The van der Waals surface area contributed by atoms with Gasteiger partial charge in [0.25, 0.3) is 5.56 Å². The normalized spacial score (nSPS) is 24.1. The van der Waals surface area contributed by atoms with Crippen molar-refractivity contribution in [2.24, 2.45) is 11.1 Å². The van der Waals surface area contributed by atoms with Gasteiger partial charge in [-0.25, -0.2) is 13.8 Å². The molecule has 150 valence electrons. The highest BCUT2D eigenvalue weighted by Crippen LogP contribution is 2.43. The molecule has 2 fully saturated rings. The van der Waals surface area contributed by atoms with E-state index in [1.165, 1.54) is 18.2 Å². The third kappa shape index (κ3) is 3.22. The van der Waals surface area contributed by atoms with Gasteiger partial charge in [0.05, 0.1) is 12.3 Å². The van der Waals surface area contributed by atoms with Gasteiger partial charge in [0.15, 0.2) is 11.6 Å². The molecule has 2 N–H and O–H groups in total. The van der Waals surface area contributed by atoms with Crippen molar-refractivity contribution in [1.82, 2.24) is 9.55 Å². The number of ether oxygens (including phenoxy) is 1. The van der Waals surface area contributed by atoms with Crippen LogP contribution in [0, 0.1) is 24.0 Å². The van der Waals surface area contributed by atoms with E-state index in [4.69, 9.17) is 10.5 Å². The van der Waals surface area contributed by atoms with Crippen molar-refractivity contribution >= 4 is 28.4 Å². The number of nitrogens with two attached hydrogens (primary N) is 1. The zero-order valence-electron chi connectivity index (χ0n) is 15.4. The van der Waals surface area contributed by atoms with Crippen LogP contribution in [0.25, 0.3) is 5.69 Å². The minimum Gasteiger partial charge on any atom is -0.366 e. The number of aromatic nitrogens is 2. The highest BCUT2D eigenvalue weighted by Gasteiger charge is 2.48. The average Bonchev–Trinajstić information content (AvgIpc) is 2.94. The van der Waals surface area contributed by atoms with Gasteiger partial charge < -0.3 is 15.4 Å². The molecule has 1 spiro atoms. The van der Waals surface area contributed by atoms with Crippen LogP contribution in [0.5, 0.6) is 0 Å². The molecule has 0 bridgehead atoms. The van der Waals surface area contributed by atoms with Gasteiger partial charge in [-0.1, -0.05) is 6.07 Å². The van der Waals surface area contributed by atoms with Crippen LogP contribution in [0.15, 0.2) is 29.1 Å². The molecule has 6 nitrogen and oxygen atoms in total. The van der Waals surface area contributed by atoms with Crippen LogP contribution in [-0.4, -0.2) is 39.4 Å². The first-order chi connectivity index (χ1) is 13.3. The summed E-state index contributed by atoms with van der Waals surface area (Å²) in [6.45, 7) is 3.69. The Morgan fingerprint density at radius 2 is 2.04 bits per heavy atom. The molecule has 0 saturated carbocycles. The van der Waals surface area contributed by atoms with Crippen molar-refractivity contribution in [1.29, 1.82) is 0 Å². The van der Waals surface area contributed by atoms with Gasteiger partial charge in [-0.15, -0.1) is 0 Å². The number of hydrogen-bond acceptors (Lipinski definition) is 5. The van der Waals surface area contributed by atoms with E-state index in [9.17, 15) is 13.6 Å². The van der Waals surface area contributed by atoms with Gasteiger partial charge in [-0.05, 0) is 54.5 Å². The number of alkyl halides is 1. The third-order valence-corrected chi connectivity index (χ3v) is 6.98. The number of nitrogens with zero attached hydrogens (tertiary/aromatic N) is 3. The topological polar surface area (TPSA) is 73.4 Å². The summed E-state index contributed by atoms with van der Waals surface area (Å²) < 4.78 is 34.6. The predicted molar refractivity (Wildman–Crippen MR) is 110 cm³/mol. The summed E-state index contributed by atoms with van der Waals surface area (Å²) in [6, 6.07) is 5.11. The van der Waals surface area contributed by atoms with Crippen molar-refractivity contribution in [3.63, 3.8) is 0 Å². The Morgan fingerprint density at radius 3 is 2.64 bits per heavy atom. The monoisotopic (exact) mass is 502 g/mol. The highest BCUT2D eigenvalue weighted by molar-refractivity contribution is 14.1. The average molecular weight is 502 g/mol. The molecule has 2 aliphatic rings. The second kappa shape index (κ2) is 7.34. The summed E-state index contributed by atoms with van der Waals surface area (Å²) >= 11 is 2.24. The first-order valence-corrected chi connectivity index (χ1v) is 10.4. The SMILES string of the molecule is Cc1nc(N2CCC3(CC2)CO[C@@H](I)[C@H]3N)cc(=O)n1-c1cccc(F)c1F. The van der Waals surface area contributed by atoms with E-state index in [0.29, 0.717) is 31.3 Å². The highest BCUT2D eigenvalue weighted by atomic mass is 127. The Kier molecular flexibility index (Phi) is 5.17.